The molecule has 2 bridgehead atoms. The fourth-order valence-electron chi connectivity index (χ4n) is 3.47. The zero-order chi connectivity index (χ0) is 13.7. The average molecular weight is 264 g/mol. The second-order valence-electron chi connectivity index (χ2n) is 6.33. The summed E-state index contributed by atoms with van der Waals surface area (Å²) in [4.78, 5) is 11.9. The van der Waals surface area contributed by atoms with Crippen LogP contribution in [0.4, 0.5) is 0 Å². The van der Waals surface area contributed by atoms with Crippen molar-refractivity contribution in [3.05, 3.63) is 11.6 Å². The van der Waals surface area contributed by atoms with Crippen molar-refractivity contribution in [1.29, 1.82) is 0 Å². The van der Waals surface area contributed by atoms with Crippen molar-refractivity contribution in [3.8, 4) is 0 Å². The number of ether oxygens (including phenoxy) is 1. The minimum Gasteiger partial charge on any atom is -0.465 e. The van der Waals surface area contributed by atoms with Crippen LogP contribution in [0.5, 0.6) is 0 Å². The second-order valence-corrected chi connectivity index (χ2v) is 6.33. The Bertz CT molecular complexity index is 332. The van der Waals surface area contributed by atoms with Crippen molar-refractivity contribution >= 4 is 5.97 Å². The first kappa shape index (κ1) is 14.6. The molecule has 0 aliphatic heterocycles. The van der Waals surface area contributed by atoms with Gasteiger partial charge >= 0.3 is 5.97 Å². The van der Waals surface area contributed by atoms with Gasteiger partial charge in [-0.1, -0.05) is 44.8 Å². The number of hydrogen-bond acceptors (Lipinski definition) is 2. The molecular weight excluding hydrogens is 236 g/mol. The van der Waals surface area contributed by atoms with Gasteiger partial charge in [0.15, 0.2) is 0 Å². The first-order valence-electron chi connectivity index (χ1n) is 8.06. The fourth-order valence-corrected chi connectivity index (χ4v) is 3.47. The van der Waals surface area contributed by atoms with E-state index in [9.17, 15) is 4.79 Å². The quantitative estimate of drug-likeness (QED) is 0.477. The highest BCUT2D eigenvalue weighted by atomic mass is 16.5. The molecule has 0 heterocycles. The van der Waals surface area contributed by atoms with Crippen molar-refractivity contribution < 1.29 is 9.53 Å². The maximum Gasteiger partial charge on any atom is 0.306 e. The highest BCUT2D eigenvalue weighted by molar-refractivity contribution is 5.70. The van der Waals surface area contributed by atoms with E-state index in [2.05, 4.69) is 19.9 Å². The van der Waals surface area contributed by atoms with Gasteiger partial charge in [-0.3, -0.25) is 4.79 Å². The van der Waals surface area contributed by atoms with E-state index in [0.717, 1.165) is 18.8 Å². The highest BCUT2D eigenvalue weighted by Crippen LogP contribution is 2.45. The van der Waals surface area contributed by atoms with E-state index >= 15 is 0 Å². The van der Waals surface area contributed by atoms with Gasteiger partial charge in [0.25, 0.3) is 0 Å². The van der Waals surface area contributed by atoms with E-state index in [-0.39, 0.29) is 5.97 Å². The molecule has 0 aromatic rings. The lowest BCUT2D eigenvalue weighted by atomic mass is 9.89. The molecule has 3 unspecified atom stereocenters. The smallest absolute Gasteiger partial charge is 0.306 e. The van der Waals surface area contributed by atoms with Gasteiger partial charge in [0, 0.05) is 6.42 Å². The van der Waals surface area contributed by atoms with Crippen LogP contribution in [-0.4, -0.2) is 12.6 Å². The van der Waals surface area contributed by atoms with Crippen LogP contribution >= 0.6 is 0 Å². The van der Waals surface area contributed by atoms with Gasteiger partial charge in [-0.2, -0.15) is 0 Å². The first-order chi connectivity index (χ1) is 9.22. The highest BCUT2D eigenvalue weighted by Gasteiger charge is 2.35. The molecule has 0 aromatic carbocycles. The number of carbonyl (C=O) groups is 1. The molecule has 2 nitrogen and oxygen atoms in total. The Kier molecular flexibility index (Phi) is 5.47. The summed E-state index contributed by atoms with van der Waals surface area (Å²) in [6.45, 7) is 5.04. The lowest BCUT2D eigenvalue weighted by Crippen LogP contribution is -2.18. The number of esters is 1. The summed E-state index contributed by atoms with van der Waals surface area (Å²) >= 11 is 0. The summed E-state index contributed by atoms with van der Waals surface area (Å²) in [6.07, 6.45) is 11.4. The Labute approximate surface area is 117 Å². The van der Waals surface area contributed by atoms with Crippen molar-refractivity contribution in [2.45, 2.75) is 65.2 Å². The van der Waals surface area contributed by atoms with Gasteiger partial charge in [0.2, 0.25) is 0 Å². The number of carbonyl (C=O) groups excluding carboxylic acids is 1. The van der Waals surface area contributed by atoms with Gasteiger partial charge in [-0.05, 0) is 43.4 Å². The zero-order valence-electron chi connectivity index (χ0n) is 12.5. The van der Waals surface area contributed by atoms with Crippen LogP contribution in [0.2, 0.25) is 0 Å². The predicted octanol–water partition coefficient (Wildman–Crippen LogP) is 4.49. The van der Waals surface area contributed by atoms with E-state index in [1.165, 1.54) is 32.1 Å². The summed E-state index contributed by atoms with van der Waals surface area (Å²) in [7, 11) is 0. The van der Waals surface area contributed by atoms with Crippen LogP contribution in [0.1, 0.15) is 65.2 Å². The van der Waals surface area contributed by atoms with Gasteiger partial charge in [0.1, 0.15) is 0 Å². The summed E-state index contributed by atoms with van der Waals surface area (Å²) in [5.41, 5.74) is 1.58. The molecule has 0 radical (unpaired) electrons. The fraction of sp³-hybridized carbons (Fsp3) is 0.824. The molecule has 108 valence electrons. The molecule has 1 saturated carbocycles. The average Bonchev–Trinajstić information content (AvgIpc) is 3.01. The molecular formula is C17H28O2. The molecule has 19 heavy (non-hydrogen) atoms. The predicted molar refractivity (Wildman–Crippen MR) is 77.8 cm³/mol. The molecule has 0 saturated heterocycles. The molecule has 0 aromatic heterocycles. The third-order valence-electron chi connectivity index (χ3n) is 4.88. The summed E-state index contributed by atoms with van der Waals surface area (Å²) in [6, 6.07) is 0. The van der Waals surface area contributed by atoms with Crippen LogP contribution < -0.4 is 0 Å². The molecule has 1 fully saturated rings. The molecule has 2 heteroatoms. The van der Waals surface area contributed by atoms with Gasteiger partial charge in [-0.15, -0.1) is 0 Å². The third kappa shape index (κ3) is 4.09. The van der Waals surface area contributed by atoms with E-state index in [0.29, 0.717) is 24.9 Å². The molecule has 2 aliphatic carbocycles. The van der Waals surface area contributed by atoms with Gasteiger partial charge in [0.05, 0.1) is 6.61 Å². The SMILES string of the molecule is CCCCC(CC)COC(=O)CC1CC2=CCC1C2. The van der Waals surface area contributed by atoms with Crippen LogP contribution in [0.3, 0.4) is 0 Å². The van der Waals surface area contributed by atoms with Gasteiger partial charge in [-0.25, -0.2) is 0 Å². The summed E-state index contributed by atoms with van der Waals surface area (Å²) in [5.74, 6) is 1.91. The second kappa shape index (κ2) is 7.12. The molecule has 3 atom stereocenters. The van der Waals surface area contributed by atoms with Gasteiger partial charge < -0.3 is 4.74 Å². The Morgan fingerprint density at radius 2 is 2.26 bits per heavy atom. The number of fused-ring (bicyclic) bond motifs is 2. The van der Waals surface area contributed by atoms with E-state index < -0.39 is 0 Å². The van der Waals surface area contributed by atoms with Crippen LogP contribution in [0.15, 0.2) is 11.6 Å². The molecule has 0 amide bonds. The molecule has 2 aliphatic rings. The maximum absolute atomic E-state index is 11.9. The van der Waals surface area contributed by atoms with Crippen LogP contribution in [0.25, 0.3) is 0 Å². The first-order valence-corrected chi connectivity index (χ1v) is 8.06. The standard InChI is InChI=1S/C17H28O2/c1-3-5-6-13(4-2)12-19-17(18)11-16-10-14-7-8-15(16)9-14/h7,13,15-16H,3-6,8-12H2,1-2H3. The van der Waals surface area contributed by atoms with Crippen molar-refractivity contribution in [2.24, 2.45) is 17.8 Å². The Morgan fingerprint density at radius 1 is 1.42 bits per heavy atom. The van der Waals surface area contributed by atoms with E-state index in [1.807, 2.05) is 0 Å². The normalized spacial score (nSPS) is 26.3. The Balaban J connectivity index is 1.65. The maximum atomic E-state index is 11.9. The Hall–Kier alpha value is -0.790. The van der Waals surface area contributed by atoms with Crippen molar-refractivity contribution in [2.75, 3.05) is 6.61 Å². The molecule has 2 rings (SSSR count). The Morgan fingerprint density at radius 3 is 2.84 bits per heavy atom. The number of hydrogen-bond donors (Lipinski definition) is 0. The molecule has 0 spiro atoms. The number of unbranched alkanes of at least 4 members (excludes halogenated alkanes) is 1. The largest absolute Gasteiger partial charge is 0.465 e. The minimum absolute atomic E-state index is 0.0353. The summed E-state index contributed by atoms with van der Waals surface area (Å²) < 4.78 is 5.50. The van der Waals surface area contributed by atoms with E-state index in [1.54, 1.807) is 5.57 Å². The summed E-state index contributed by atoms with van der Waals surface area (Å²) in [5, 5.41) is 0. The minimum atomic E-state index is 0.0353. The lowest BCUT2D eigenvalue weighted by Gasteiger charge is -2.19. The lowest BCUT2D eigenvalue weighted by molar-refractivity contribution is -0.146. The van der Waals surface area contributed by atoms with Crippen molar-refractivity contribution in [1.82, 2.24) is 0 Å². The third-order valence-corrected chi connectivity index (χ3v) is 4.88. The van der Waals surface area contributed by atoms with E-state index in [4.69, 9.17) is 4.74 Å². The monoisotopic (exact) mass is 264 g/mol. The van der Waals surface area contributed by atoms with Crippen LogP contribution in [-0.2, 0) is 9.53 Å². The molecule has 0 N–H and O–H groups in total. The zero-order valence-corrected chi connectivity index (χ0v) is 12.5. The van der Waals surface area contributed by atoms with Crippen molar-refractivity contribution in [3.63, 3.8) is 0 Å². The number of rotatable bonds is 8. The topological polar surface area (TPSA) is 26.3 Å². The van der Waals surface area contributed by atoms with Crippen LogP contribution in [0, 0.1) is 17.8 Å². The number of allylic oxidation sites excluding steroid dienone is 2.